The highest BCUT2D eigenvalue weighted by atomic mass is 35.5. The first-order chi connectivity index (χ1) is 7.58. The summed E-state index contributed by atoms with van der Waals surface area (Å²) in [5, 5.41) is 0.101. The van der Waals surface area contributed by atoms with Crippen molar-refractivity contribution in [3.63, 3.8) is 0 Å². The van der Waals surface area contributed by atoms with Gasteiger partial charge in [0.2, 0.25) is 5.88 Å². The van der Waals surface area contributed by atoms with Crippen LogP contribution in [0.3, 0.4) is 0 Å². The summed E-state index contributed by atoms with van der Waals surface area (Å²) in [6.07, 6.45) is 0.926. The van der Waals surface area contributed by atoms with E-state index in [2.05, 4.69) is 23.8 Å². The summed E-state index contributed by atoms with van der Waals surface area (Å²) in [7, 11) is 0. The average Bonchev–Trinajstić information content (AvgIpc) is 2.26. The average molecular weight is 243 g/mol. The van der Waals surface area contributed by atoms with E-state index in [1.54, 1.807) is 0 Å². The van der Waals surface area contributed by atoms with Gasteiger partial charge in [0, 0.05) is 17.4 Å². The van der Waals surface area contributed by atoms with E-state index in [1.165, 1.54) is 0 Å². The molecule has 2 atom stereocenters. The maximum Gasteiger partial charge on any atom is 0.216 e. The lowest BCUT2D eigenvalue weighted by Gasteiger charge is -2.16. The molecule has 0 saturated heterocycles. The smallest absolute Gasteiger partial charge is 0.216 e. The summed E-state index contributed by atoms with van der Waals surface area (Å²) in [6, 6.07) is 1.88. The number of hydrogen-bond acceptors (Lipinski definition) is 3. The van der Waals surface area contributed by atoms with Crippen LogP contribution < -0.4 is 4.74 Å². The van der Waals surface area contributed by atoms with Gasteiger partial charge in [0.15, 0.2) is 0 Å². The Morgan fingerprint density at radius 1 is 1.38 bits per heavy atom. The zero-order chi connectivity index (χ0) is 12.1. The van der Waals surface area contributed by atoms with Crippen LogP contribution in [0.2, 0.25) is 0 Å². The van der Waals surface area contributed by atoms with Crippen LogP contribution in [-0.2, 0) is 0 Å². The first-order valence-corrected chi connectivity index (χ1v) is 6.14. The van der Waals surface area contributed by atoms with Crippen LogP contribution in [0.15, 0.2) is 6.07 Å². The molecule has 1 rings (SSSR count). The number of alkyl halides is 1. The zero-order valence-corrected chi connectivity index (χ0v) is 11.1. The Kier molecular flexibility index (Phi) is 5.00. The molecule has 0 aromatic carbocycles. The molecule has 1 heterocycles. The number of aryl methyl sites for hydroxylation is 1. The summed E-state index contributed by atoms with van der Waals surface area (Å²) in [6.45, 7) is 8.58. The summed E-state index contributed by atoms with van der Waals surface area (Å²) >= 11 is 6.23. The van der Waals surface area contributed by atoms with Crippen LogP contribution in [0, 0.1) is 6.92 Å². The molecule has 0 fully saturated rings. The molecule has 3 nitrogen and oxygen atoms in total. The molecular formula is C12H19ClN2O. The Hall–Kier alpha value is -0.830. The number of halogens is 1. The van der Waals surface area contributed by atoms with Crippen molar-refractivity contribution in [3.05, 3.63) is 17.6 Å². The van der Waals surface area contributed by atoms with Crippen molar-refractivity contribution in [2.45, 2.75) is 45.4 Å². The molecule has 0 aliphatic rings. The Bertz CT molecular complexity index is 344. The number of ether oxygens (including phenoxy) is 1. The van der Waals surface area contributed by atoms with E-state index in [-0.39, 0.29) is 11.3 Å². The molecule has 0 saturated carbocycles. The lowest BCUT2D eigenvalue weighted by Crippen LogP contribution is -2.12. The quantitative estimate of drug-likeness (QED) is 0.743. The van der Waals surface area contributed by atoms with Gasteiger partial charge in [-0.15, -0.1) is 11.6 Å². The largest absolute Gasteiger partial charge is 0.478 e. The highest BCUT2D eigenvalue weighted by Crippen LogP contribution is 2.25. The predicted octanol–water partition coefficient (Wildman–Crippen LogP) is 3.30. The van der Waals surface area contributed by atoms with Gasteiger partial charge in [-0.1, -0.05) is 13.8 Å². The van der Waals surface area contributed by atoms with Gasteiger partial charge in [-0.25, -0.2) is 4.98 Å². The Labute approximate surface area is 102 Å². The highest BCUT2D eigenvalue weighted by molar-refractivity contribution is 6.21. The fourth-order valence-corrected chi connectivity index (χ4v) is 1.69. The van der Waals surface area contributed by atoms with Crippen molar-refractivity contribution in [2.24, 2.45) is 0 Å². The molecule has 0 N–H and O–H groups in total. The van der Waals surface area contributed by atoms with Crippen LogP contribution in [0.4, 0.5) is 0 Å². The van der Waals surface area contributed by atoms with E-state index < -0.39 is 0 Å². The Morgan fingerprint density at radius 3 is 2.62 bits per heavy atom. The molecule has 16 heavy (non-hydrogen) atoms. The van der Waals surface area contributed by atoms with Crippen molar-refractivity contribution in [1.29, 1.82) is 0 Å². The van der Waals surface area contributed by atoms with Crippen LogP contribution >= 0.6 is 11.6 Å². The van der Waals surface area contributed by atoms with E-state index in [4.69, 9.17) is 16.3 Å². The molecule has 1 aromatic rings. The number of rotatable bonds is 5. The lowest BCUT2D eigenvalue weighted by atomic mass is 10.0. The van der Waals surface area contributed by atoms with Gasteiger partial charge in [0.05, 0.1) is 12.3 Å². The number of aromatic nitrogens is 2. The van der Waals surface area contributed by atoms with E-state index in [0.717, 1.165) is 17.9 Å². The summed E-state index contributed by atoms with van der Waals surface area (Å²) in [5.41, 5.74) is 0.956. The standard InChI is InChI=1S/C12H19ClN2O/c1-5-10(13)8(3)11-7-12(16-6-2)15-9(4)14-11/h7-8,10H,5-6H2,1-4H3. The monoisotopic (exact) mass is 242 g/mol. The predicted molar refractivity (Wildman–Crippen MR) is 66.3 cm³/mol. The Balaban J connectivity index is 2.94. The summed E-state index contributed by atoms with van der Waals surface area (Å²) in [4.78, 5) is 8.62. The van der Waals surface area contributed by atoms with Crippen molar-refractivity contribution in [1.82, 2.24) is 9.97 Å². The molecule has 0 amide bonds. The zero-order valence-electron chi connectivity index (χ0n) is 10.3. The fourth-order valence-electron chi connectivity index (χ4n) is 1.56. The van der Waals surface area contributed by atoms with Gasteiger partial charge < -0.3 is 4.74 Å². The van der Waals surface area contributed by atoms with Gasteiger partial charge in [-0.3, -0.25) is 0 Å². The van der Waals surface area contributed by atoms with E-state index >= 15 is 0 Å². The van der Waals surface area contributed by atoms with Crippen LogP contribution in [0.5, 0.6) is 5.88 Å². The molecule has 4 heteroatoms. The maximum atomic E-state index is 6.23. The minimum absolute atomic E-state index is 0.101. The van der Waals surface area contributed by atoms with Crippen LogP contribution in [-0.4, -0.2) is 22.0 Å². The van der Waals surface area contributed by atoms with Gasteiger partial charge in [0.25, 0.3) is 0 Å². The summed E-state index contributed by atoms with van der Waals surface area (Å²) < 4.78 is 5.40. The molecule has 2 unspecified atom stereocenters. The SMILES string of the molecule is CCOc1cc(C(C)C(Cl)CC)nc(C)n1. The molecule has 1 aromatic heterocycles. The second-order valence-corrected chi connectivity index (χ2v) is 4.38. The van der Waals surface area contributed by atoms with Crippen molar-refractivity contribution >= 4 is 11.6 Å². The second kappa shape index (κ2) is 6.04. The molecule has 0 aliphatic carbocycles. The normalized spacial score (nSPS) is 14.6. The van der Waals surface area contributed by atoms with E-state index in [1.807, 2.05) is 19.9 Å². The third-order valence-corrected chi connectivity index (χ3v) is 3.21. The van der Waals surface area contributed by atoms with Gasteiger partial charge in [-0.2, -0.15) is 4.98 Å². The molecule has 0 bridgehead atoms. The topological polar surface area (TPSA) is 35.0 Å². The molecule has 0 radical (unpaired) electrons. The van der Waals surface area contributed by atoms with E-state index in [0.29, 0.717) is 12.5 Å². The minimum Gasteiger partial charge on any atom is -0.478 e. The summed E-state index contributed by atoms with van der Waals surface area (Å²) in [5.74, 6) is 1.58. The molecule has 0 aliphatic heterocycles. The minimum atomic E-state index is 0.101. The molecule has 90 valence electrons. The maximum absolute atomic E-state index is 6.23. The van der Waals surface area contributed by atoms with Gasteiger partial charge in [0.1, 0.15) is 5.82 Å². The lowest BCUT2D eigenvalue weighted by molar-refractivity contribution is 0.324. The highest BCUT2D eigenvalue weighted by Gasteiger charge is 2.17. The third kappa shape index (κ3) is 3.34. The van der Waals surface area contributed by atoms with Gasteiger partial charge in [-0.05, 0) is 20.3 Å². The van der Waals surface area contributed by atoms with Crippen molar-refractivity contribution < 1.29 is 4.74 Å². The first kappa shape index (κ1) is 13.2. The van der Waals surface area contributed by atoms with Crippen LogP contribution in [0.25, 0.3) is 0 Å². The van der Waals surface area contributed by atoms with Gasteiger partial charge >= 0.3 is 0 Å². The van der Waals surface area contributed by atoms with Crippen molar-refractivity contribution in [2.75, 3.05) is 6.61 Å². The van der Waals surface area contributed by atoms with Crippen LogP contribution in [0.1, 0.15) is 44.6 Å². The second-order valence-electron chi connectivity index (χ2n) is 3.82. The fraction of sp³-hybridized carbons (Fsp3) is 0.667. The Morgan fingerprint density at radius 2 is 2.06 bits per heavy atom. The first-order valence-electron chi connectivity index (χ1n) is 5.70. The molecule has 0 spiro atoms. The van der Waals surface area contributed by atoms with Crippen molar-refractivity contribution in [3.8, 4) is 5.88 Å². The van der Waals surface area contributed by atoms with E-state index in [9.17, 15) is 0 Å². The third-order valence-electron chi connectivity index (χ3n) is 2.53. The molecular weight excluding hydrogens is 224 g/mol. The number of hydrogen-bond donors (Lipinski definition) is 0. The number of nitrogens with zero attached hydrogens (tertiary/aromatic N) is 2.